The minimum absolute atomic E-state index is 0.0680. The van der Waals surface area contributed by atoms with Gasteiger partial charge in [-0.15, -0.1) is 21.5 Å². The van der Waals surface area contributed by atoms with Crippen LogP contribution in [0.15, 0.2) is 21.9 Å². The maximum atomic E-state index is 12.5. The van der Waals surface area contributed by atoms with Gasteiger partial charge in [0.15, 0.2) is 4.34 Å². The fourth-order valence-corrected chi connectivity index (χ4v) is 5.09. The Morgan fingerprint density at radius 1 is 1.37 bits per heavy atom. The zero-order valence-electron chi connectivity index (χ0n) is 15.6. The summed E-state index contributed by atoms with van der Waals surface area (Å²) in [5, 5.41) is 21.5. The summed E-state index contributed by atoms with van der Waals surface area (Å²) in [5.41, 5.74) is 2.53. The number of aryl methyl sites for hydroxylation is 2. The molecular weight excluding hydrogens is 400 g/mol. The molecule has 0 spiro atoms. The Bertz CT molecular complexity index is 902. The summed E-state index contributed by atoms with van der Waals surface area (Å²) in [7, 11) is 1.87. The third kappa shape index (κ3) is 5.08. The van der Waals surface area contributed by atoms with Gasteiger partial charge in [-0.2, -0.15) is 5.10 Å². The van der Waals surface area contributed by atoms with Gasteiger partial charge in [0.25, 0.3) is 0 Å². The highest BCUT2D eigenvalue weighted by Gasteiger charge is 2.20. The smallest absolute Gasteiger partial charge is 0.237 e. The lowest BCUT2D eigenvalue weighted by Gasteiger charge is -2.10. The van der Waals surface area contributed by atoms with Crippen LogP contribution in [0, 0.1) is 13.8 Å². The van der Waals surface area contributed by atoms with Crippen LogP contribution in [0.5, 0.6) is 0 Å². The second-order valence-electron chi connectivity index (χ2n) is 6.05. The number of nitrogens with one attached hydrogen (secondary N) is 2. The molecule has 0 saturated carbocycles. The van der Waals surface area contributed by atoms with Crippen molar-refractivity contribution in [3.05, 3.63) is 33.8 Å². The minimum Gasteiger partial charge on any atom is -0.360 e. The molecule has 3 aromatic rings. The molecule has 0 aromatic carbocycles. The number of hydrogen-bond donors (Lipinski definition) is 2. The second kappa shape index (κ2) is 8.85. The molecule has 1 amide bonds. The van der Waals surface area contributed by atoms with E-state index in [-0.39, 0.29) is 11.2 Å². The molecule has 7 nitrogen and oxygen atoms in total. The van der Waals surface area contributed by atoms with Crippen LogP contribution in [0.3, 0.4) is 0 Å². The fourth-order valence-electron chi connectivity index (χ4n) is 2.46. The third-order valence-electron chi connectivity index (χ3n) is 4.04. The summed E-state index contributed by atoms with van der Waals surface area (Å²) in [4.78, 5) is 13.9. The monoisotopic (exact) mass is 422 g/mol. The average molecular weight is 423 g/mol. The standard InChI is InChI=1S/C17H22N6OS3/c1-10-14(11(2)23(4)22-10)19-15(24)12(3)26-17-21-20-16(27-17)18-8-7-13-6-5-9-25-13/h5-6,9,12H,7-8H2,1-4H3,(H,18,20)(H,19,24)/t12-/m0/s1. The Morgan fingerprint density at radius 2 is 2.19 bits per heavy atom. The normalized spacial score (nSPS) is 12.1. The molecule has 1 atom stereocenters. The molecular formula is C17H22N6OS3. The van der Waals surface area contributed by atoms with E-state index in [2.05, 4.69) is 43.4 Å². The first-order chi connectivity index (χ1) is 12.9. The minimum atomic E-state index is -0.282. The van der Waals surface area contributed by atoms with Crippen LogP contribution in [0.25, 0.3) is 0 Å². The van der Waals surface area contributed by atoms with Gasteiger partial charge in [0.05, 0.1) is 22.3 Å². The van der Waals surface area contributed by atoms with Crippen molar-refractivity contribution >= 4 is 51.2 Å². The summed E-state index contributed by atoms with van der Waals surface area (Å²) in [6.07, 6.45) is 0.961. The van der Waals surface area contributed by atoms with Crippen LogP contribution in [0.2, 0.25) is 0 Å². The highest BCUT2D eigenvalue weighted by Crippen LogP contribution is 2.30. The van der Waals surface area contributed by atoms with Crippen molar-refractivity contribution < 1.29 is 4.79 Å². The molecule has 3 heterocycles. The Hall–Kier alpha value is -1.91. The number of carbonyl (C=O) groups is 1. The number of thiophene rings is 1. The summed E-state index contributed by atoms with van der Waals surface area (Å²) in [6, 6.07) is 4.18. The summed E-state index contributed by atoms with van der Waals surface area (Å²) < 4.78 is 2.54. The number of thioether (sulfide) groups is 1. The molecule has 0 aliphatic rings. The van der Waals surface area contributed by atoms with Gasteiger partial charge in [0, 0.05) is 18.5 Å². The van der Waals surface area contributed by atoms with Crippen molar-refractivity contribution in [2.24, 2.45) is 7.05 Å². The van der Waals surface area contributed by atoms with Crippen molar-refractivity contribution in [2.45, 2.75) is 36.8 Å². The van der Waals surface area contributed by atoms with Gasteiger partial charge in [0.2, 0.25) is 11.0 Å². The Kier molecular flexibility index (Phi) is 6.51. The molecule has 10 heteroatoms. The second-order valence-corrected chi connectivity index (χ2v) is 9.65. The number of rotatable bonds is 8. The Morgan fingerprint density at radius 3 is 2.85 bits per heavy atom. The van der Waals surface area contributed by atoms with Crippen LogP contribution < -0.4 is 10.6 Å². The van der Waals surface area contributed by atoms with Crippen molar-refractivity contribution in [1.82, 2.24) is 20.0 Å². The fraction of sp³-hybridized carbons (Fsp3) is 0.412. The summed E-state index contributed by atoms with van der Waals surface area (Å²) in [6.45, 7) is 6.51. The molecule has 0 radical (unpaired) electrons. The van der Waals surface area contributed by atoms with E-state index < -0.39 is 0 Å². The molecule has 0 fully saturated rings. The Labute approximate surface area is 170 Å². The van der Waals surface area contributed by atoms with Gasteiger partial charge in [0.1, 0.15) is 0 Å². The van der Waals surface area contributed by atoms with E-state index in [0.29, 0.717) is 0 Å². The van der Waals surface area contributed by atoms with E-state index in [9.17, 15) is 4.79 Å². The van der Waals surface area contributed by atoms with Gasteiger partial charge in [-0.1, -0.05) is 29.2 Å². The molecule has 3 aromatic heterocycles. The number of nitrogens with zero attached hydrogens (tertiary/aromatic N) is 4. The number of aromatic nitrogens is 4. The van der Waals surface area contributed by atoms with Crippen LogP contribution in [0.4, 0.5) is 10.8 Å². The van der Waals surface area contributed by atoms with E-state index in [1.54, 1.807) is 16.0 Å². The van der Waals surface area contributed by atoms with Crippen LogP contribution in [-0.2, 0) is 18.3 Å². The number of anilines is 2. The van der Waals surface area contributed by atoms with Gasteiger partial charge in [-0.3, -0.25) is 9.48 Å². The predicted octanol–water partition coefficient (Wildman–Crippen LogP) is 3.72. The van der Waals surface area contributed by atoms with Crippen molar-refractivity contribution in [2.75, 3.05) is 17.2 Å². The highest BCUT2D eigenvalue weighted by molar-refractivity contribution is 8.02. The number of amides is 1. The average Bonchev–Trinajstić information content (AvgIpc) is 3.35. The zero-order chi connectivity index (χ0) is 19.4. The summed E-state index contributed by atoms with van der Waals surface area (Å²) in [5.74, 6) is -0.0680. The molecule has 144 valence electrons. The molecule has 0 unspecified atom stereocenters. The van der Waals surface area contributed by atoms with Crippen molar-refractivity contribution in [3.8, 4) is 0 Å². The van der Waals surface area contributed by atoms with Crippen LogP contribution >= 0.6 is 34.4 Å². The van der Waals surface area contributed by atoms with E-state index in [4.69, 9.17) is 0 Å². The zero-order valence-corrected chi connectivity index (χ0v) is 18.1. The molecule has 3 rings (SSSR count). The van der Waals surface area contributed by atoms with Gasteiger partial charge in [-0.25, -0.2) is 0 Å². The lowest BCUT2D eigenvalue weighted by atomic mass is 10.3. The van der Waals surface area contributed by atoms with Crippen LogP contribution in [-0.4, -0.2) is 37.7 Å². The van der Waals surface area contributed by atoms with E-state index >= 15 is 0 Å². The van der Waals surface area contributed by atoms with E-state index in [1.807, 2.05) is 27.8 Å². The highest BCUT2D eigenvalue weighted by atomic mass is 32.2. The van der Waals surface area contributed by atoms with E-state index in [0.717, 1.165) is 39.5 Å². The van der Waals surface area contributed by atoms with Crippen LogP contribution in [0.1, 0.15) is 23.2 Å². The van der Waals surface area contributed by atoms with E-state index in [1.165, 1.54) is 28.0 Å². The first-order valence-corrected chi connectivity index (χ1v) is 11.1. The largest absolute Gasteiger partial charge is 0.360 e. The van der Waals surface area contributed by atoms with Gasteiger partial charge in [-0.05, 0) is 38.6 Å². The molecule has 0 aliphatic heterocycles. The molecule has 2 N–H and O–H groups in total. The molecule has 27 heavy (non-hydrogen) atoms. The first kappa shape index (κ1) is 19.8. The number of hydrogen-bond acceptors (Lipinski definition) is 8. The quantitative estimate of drug-likeness (QED) is 0.538. The SMILES string of the molecule is Cc1nn(C)c(C)c1NC(=O)[C@H](C)Sc1nnc(NCCc2cccs2)s1. The molecule has 0 saturated heterocycles. The third-order valence-corrected chi connectivity index (χ3v) is 7.04. The predicted molar refractivity (Wildman–Crippen MR) is 113 cm³/mol. The number of carbonyl (C=O) groups excluding carboxylic acids is 1. The first-order valence-electron chi connectivity index (χ1n) is 8.51. The Balaban J connectivity index is 1.50. The molecule has 0 bridgehead atoms. The maximum absolute atomic E-state index is 12.5. The van der Waals surface area contributed by atoms with Crippen molar-refractivity contribution in [1.29, 1.82) is 0 Å². The van der Waals surface area contributed by atoms with Gasteiger partial charge >= 0.3 is 0 Å². The van der Waals surface area contributed by atoms with Gasteiger partial charge < -0.3 is 10.6 Å². The topological polar surface area (TPSA) is 84.7 Å². The summed E-state index contributed by atoms with van der Waals surface area (Å²) >= 11 is 4.63. The maximum Gasteiger partial charge on any atom is 0.237 e. The van der Waals surface area contributed by atoms with Crippen molar-refractivity contribution in [3.63, 3.8) is 0 Å². The lowest BCUT2D eigenvalue weighted by molar-refractivity contribution is -0.115. The lowest BCUT2D eigenvalue weighted by Crippen LogP contribution is -2.23. The molecule has 0 aliphatic carbocycles.